The van der Waals surface area contributed by atoms with E-state index in [1.54, 1.807) is 52.0 Å². The van der Waals surface area contributed by atoms with Crippen molar-refractivity contribution in [2.75, 3.05) is 43.9 Å². The lowest BCUT2D eigenvalue weighted by Crippen LogP contribution is -2.41. The van der Waals surface area contributed by atoms with Crippen LogP contribution in [0.4, 0.5) is 11.4 Å². The largest absolute Gasteiger partial charge is 0.358 e. The first kappa shape index (κ1) is 53.5. The third-order valence-electron chi connectivity index (χ3n) is 12.7. The maximum Gasteiger partial charge on any atom is 0.256 e. The smallest absolute Gasteiger partial charge is 0.256 e. The lowest BCUT2D eigenvalue weighted by Gasteiger charge is -2.29. The van der Waals surface area contributed by atoms with Crippen molar-refractivity contribution in [1.82, 2.24) is 34.1 Å². The summed E-state index contributed by atoms with van der Waals surface area (Å²) in [6, 6.07) is 8.23. The number of benzene rings is 2. The molecule has 0 aliphatic carbocycles. The SMILES string of the molecule is Cc1[nH]c(/C=C2\C(=O)Nc3ccc(S(=O)(=O)N(C(C)C)C(C)C)cc32)c(C)c1C(=O)NCCCN(C)CCCNC(=O)c1c(C)[nH]c(/C=C2\C(=O)Nc3ccc(S(=O)(=O)N(C(C)C)C(C)C)cc32)c1C. The van der Waals surface area contributed by atoms with E-state index in [0.717, 1.165) is 0 Å². The molecular formula is C51H69N9O8S2. The van der Waals surface area contributed by atoms with Crippen LogP contribution in [0.3, 0.4) is 0 Å². The number of nitrogens with one attached hydrogen (secondary N) is 6. The van der Waals surface area contributed by atoms with Gasteiger partial charge in [-0.25, -0.2) is 16.8 Å². The maximum absolute atomic E-state index is 13.7. The standard InChI is InChI=1S/C51H69N9O8S2/c1-28(2)59(29(3)4)69(65,66)36-16-18-42-38(24-36)40(48(61)56-42)26-44-32(9)46(34(11)54-44)50(63)52-20-14-22-58(13)23-15-21-53-51(64)47-33(10)45(55-35(47)12)27-41-39-25-37(17-19-43(39)57-49(41)62)70(67,68)60(30(5)6)31(7)8/h16-19,24-31,54-55H,14-15,20-23H2,1-13H3,(H,52,63)(H,53,64)(H,56,61)(H,57,62)/b40-26-,41-27-. The molecule has 0 spiro atoms. The van der Waals surface area contributed by atoms with Crippen molar-refractivity contribution in [3.63, 3.8) is 0 Å². The molecule has 0 atom stereocenters. The van der Waals surface area contributed by atoms with Crippen LogP contribution in [0.25, 0.3) is 23.3 Å². The molecule has 4 aromatic rings. The van der Waals surface area contributed by atoms with Crippen molar-refractivity contribution in [3.05, 3.63) is 92.6 Å². The Labute approximate surface area is 413 Å². The van der Waals surface area contributed by atoms with Gasteiger partial charge in [-0.05, 0) is 176 Å². The van der Waals surface area contributed by atoms with E-state index in [1.165, 1.54) is 32.9 Å². The molecule has 378 valence electrons. The second-order valence-corrected chi connectivity index (χ2v) is 23.0. The lowest BCUT2D eigenvalue weighted by atomic mass is 10.0. The highest BCUT2D eigenvalue weighted by atomic mass is 32.2. The zero-order valence-corrected chi connectivity index (χ0v) is 44.2. The highest BCUT2D eigenvalue weighted by Crippen LogP contribution is 2.38. The molecule has 0 fully saturated rings. The first-order chi connectivity index (χ1) is 32.8. The van der Waals surface area contributed by atoms with Crippen LogP contribution in [0.1, 0.15) is 134 Å². The molecule has 0 saturated carbocycles. The monoisotopic (exact) mass is 999 g/mol. The predicted molar refractivity (Wildman–Crippen MR) is 276 cm³/mol. The van der Waals surface area contributed by atoms with Gasteiger partial charge in [0.05, 0.1) is 32.1 Å². The summed E-state index contributed by atoms with van der Waals surface area (Å²) in [5, 5.41) is 11.7. The van der Waals surface area contributed by atoms with E-state index < -0.39 is 20.0 Å². The predicted octanol–water partition coefficient (Wildman–Crippen LogP) is 7.05. The zero-order chi connectivity index (χ0) is 51.7. The van der Waals surface area contributed by atoms with Crippen molar-refractivity contribution in [1.29, 1.82) is 0 Å². The van der Waals surface area contributed by atoms with Gasteiger partial charge in [0.2, 0.25) is 20.0 Å². The van der Waals surface area contributed by atoms with Gasteiger partial charge < -0.3 is 36.1 Å². The Morgan fingerprint density at radius 1 is 0.586 bits per heavy atom. The number of hydrogen-bond donors (Lipinski definition) is 6. The molecule has 0 unspecified atom stereocenters. The number of anilines is 2. The minimum Gasteiger partial charge on any atom is -0.358 e. The highest BCUT2D eigenvalue weighted by molar-refractivity contribution is 7.89. The second kappa shape index (κ2) is 21.2. The number of fused-ring (bicyclic) bond motifs is 2. The Hall–Kier alpha value is -5.86. The molecule has 19 heteroatoms. The maximum atomic E-state index is 13.7. The number of sulfonamides is 2. The van der Waals surface area contributed by atoms with Crippen molar-refractivity contribution < 1.29 is 36.0 Å². The van der Waals surface area contributed by atoms with Gasteiger partial charge in [0.1, 0.15) is 0 Å². The summed E-state index contributed by atoms with van der Waals surface area (Å²) in [6.07, 6.45) is 4.67. The van der Waals surface area contributed by atoms with Crippen LogP contribution >= 0.6 is 0 Å². The third kappa shape index (κ3) is 10.9. The Morgan fingerprint density at radius 3 is 1.26 bits per heavy atom. The highest BCUT2D eigenvalue weighted by Gasteiger charge is 2.35. The molecule has 70 heavy (non-hydrogen) atoms. The molecular weight excluding hydrogens is 931 g/mol. The summed E-state index contributed by atoms with van der Waals surface area (Å²) in [5.74, 6) is -1.24. The van der Waals surface area contributed by atoms with Crippen LogP contribution in [0.5, 0.6) is 0 Å². The van der Waals surface area contributed by atoms with Crippen molar-refractivity contribution in [2.24, 2.45) is 0 Å². The summed E-state index contributed by atoms with van der Waals surface area (Å²) in [5.41, 5.74) is 7.21. The second-order valence-electron chi connectivity index (χ2n) is 19.3. The van der Waals surface area contributed by atoms with Crippen LogP contribution in [0.15, 0.2) is 46.2 Å². The molecule has 0 bridgehead atoms. The fraction of sp³-hybridized carbons (Fsp3) is 0.451. The van der Waals surface area contributed by atoms with Crippen molar-refractivity contribution in [3.8, 4) is 0 Å². The van der Waals surface area contributed by atoms with Gasteiger partial charge in [0.25, 0.3) is 23.6 Å². The summed E-state index contributed by atoms with van der Waals surface area (Å²) in [6.45, 7) is 24.0. The molecule has 2 aromatic carbocycles. The van der Waals surface area contributed by atoms with Crippen molar-refractivity contribution >= 4 is 78.3 Å². The van der Waals surface area contributed by atoms with Crippen LogP contribution in [-0.2, 0) is 29.6 Å². The number of nitrogens with zero attached hydrogens (tertiary/aromatic N) is 3. The summed E-state index contributed by atoms with van der Waals surface area (Å²) in [4.78, 5) is 62.1. The molecule has 6 N–H and O–H groups in total. The Kier molecular flexibility index (Phi) is 16.2. The topological polar surface area (TPSA) is 226 Å². The minimum atomic E-state index is -3.85. The number of H-pyrrole nitrogens is 2. The van der Waals surface area contributed by atoms with Crippen LogP contribution in [0.2, 0.25) is 0 Å². The van der Waals surface area contributed by atoms with E-state index in [4.69, 9.17) is 0 Å². The van der Waals surface area contributed by atoms with Gasteiger partial charge in [0, 0.05) is 82.5 Å². The summed E-state index contributed by atoms with van der Waals surface area (Å²) in [7, 11) is -5.72. The third-order valence-corrected chi connectivity index (χ3v) is 17.2. The fourth-order valence-electron chi connectivity index (χ4n) is 9.69. The van der Waals surface area contributed by atoms with Gasteiger partial charge in [-0.2, -0.15) is 8.61 Å². The zero-order valence-electron chi connectivity index (χ0n) is 42.6. The van der Waals surface area contributed by atoms with E-state index in [2.05, 4.69) is 36.1 Å². The quantitative estimate of drug-likeness (QED) is 0.0394. The van der Waals surface area contributed by atoms with E-state index in [1.807, 2.05) is 62.4 Å². The first-order valence-electron chi connectivity index (χ1n) is 23.8. The Balaban J connectivity index is 1.01. The van der Waals surface area contributed by atoms with E-state index >= 15 is 0 Å². The van der Waals surface area contributed by atoms with E-state index in [9.17, 15) is 36.0 Å². The van der Waals surface area contributed by atoms with Gasteiger partial charge >= 0.3 is 0 Å². The molecule has 4 heterocycles. The molecule has 2 aromatic heterocycles. The number of rotatable bonds is 20. The number of aromatic nitrogens is 2. The molecule has 6 rings (SSSR count). The van der Waals surface area contributed by atoms with E-state index in [-0.39, 0.29) is 57.6 Å². The minimum absolute atomic E-state index is 0.0932. The van der Waals surface area contributed by atoms with Gasteiger partial charge in [-0.1, -0.05) is 0 Å². The first-order valence-corrected chi connectivity index (χ1v) is 26.7. The van der Waals surface area contributed by atoms with Crippen LogP contribution in [-0.4, -0.2) is 121 Å². The number of carbonyl (C=O) groups excluding carboxylic acids is 4. The summed E-state index contributed by atoms with van der Waals surface area (Å²) >= 11 is 0. The average molecular weight is 1000 g/mol. The number of amides is 4. The molecule has 17 nitrogen and oxygen atoms in total. The van der Waals surface area contributed by atoms with Crippen LogP contribution < -0.4 is 21.3 Å². The fourth-order valence-corrected chi connectivity index (χ4v) is 13.4. The Morgan fingerprint density at radius 2 is 0.929 bits per heavy atom. The number of aromatic amines is 2. The summed E-state index contributed by atoms with van der Waals surface area (Å²) < 4.78 is 57.5. The molecule has 0 radical (unpaired) electrons. The van der Waals surface area contributed by atoms with E-state index in [0.29, 0.717) is 118 Å². The van der Waals surface area contributed by atoms with Crippen LogP contribution in [0, 0.1) is 27.7 Å². The van der Waals surface area contributed by atoms with Gasteiger partial charge in [0.15, 0.2) is 0 Å². The molecule has 0 saturated heterocycles. The number of hydrogen-bond acceptors (Lipinski definition) is 9. The number of carbonyl (C=O) groups is 4. The Bertz CT molecular complexity index is 2780. The normalized spacial score (nSPS) is 15.1. The van der Waals surface area contributed by atoms with Gasteiger partial charge in [-0.3, -0.25) is 19.2 Å². The number of aryl methyl sites for hydroxylation is 2. The van der Waals surface area contributed by atoms with Crippen molar-refractivity contribution in [2.45, 2.75) is 130 Å². The van der Waals surface area contributed by atoms with Gasteiger partial charge in [-0.15, -0.1) is 0 Å². The molecule has 2 aliphatic heterocycles. The molecule has 2 aliphatic rings. The lowest BCUT2D eigenvalue weighted by molar-refractivity contribution is -0.111. The average Bonchev–Trinajstić information content (AvgIpc) is 3.94. The molecule has 4 amide bonds.